The van der Waals surface area contributed by atoms with E-state index in [1.807, 2.05) is 27.7 Å². The molecule has 0 aliphatic carbocycles. The Morgan fingerprint density at radius 3 is 2.24 bits per heavy atom. The maximum Gasteiger partial charge on any atom is 0.339 e. The molecule has 0 saturated heterocycles. The van der Waals surface area contributed by atoms with E-state index in [0.717, 1.165) is 5.56 Å². The van der Waals surface area contributed by atoms with E-state index < -0.39 is 5.97 Å². The molecule has 94 valence electrons. The number of rotatable bonds is 4. The molecule has 1 aromatic rings. The first kappa shape index (κ1) is 13.4. The van der Waals surface area contributed by atoms with Crippen LogP contribution in [0.2, 0.25) is 0 Å². The van der Waals surface area contributed by atoms with Gasteiger partial charge < -0.3 is 14.9 Å². The van der Waals surface area contributed by atoms with Gasteiger partial charge in [0.05, 0.1) is 6.10 Å². The maximum absolute atomic E-state index is 10.9. The molecule has 0 aliphatic heterocycles. The van der Waals surface area contributed by atoms with Crippen molar-refractivity contribution in [1.29, 1.82) is 0 Å². The lowest BCUT2D eigenvalue weighted by Gasteiger charge is -2.18. The molecule has 0 amide bonds. The molecule has 0 radical (unpaired) electrons. The molecule has 0 fully saturated rings. The van der Waals surface area contributed by atoms with Crippen molar-refractivity contribution in [2.24, 2.45) is 0 Å². The van der Waals surface area contributed by atoms with Gasteiger partial charge in [-0.15, -0.1) is 0 Å². The predicted molar refractivity (Wildman–Crippen MR) is 64.9 cm³/mol. The number of carbonyl (C=O) groups is 1. The van der Waals surface area contributed by atoms with Crippen LogP contribution < -0.4 is 4.74 Å². The molecule has 0 spiro atoms. The summed E-state index contributed by atoms with van der Waals surface area (Å²) in [6, 6.07) is 3.09. The number of ether oxygens (including phenoxy) is 1. The highest BCUT2D eigenvalue weighted by Crippen LogP contribution is 2.38. The van der Waals surface area contributed by atoms with Gasteiger partial charge in [0.25, 0.3) is 0 Å². The van der Waals surface area contributed by atoms with E-state index in [4.69, 9.17) is 9.84 Å². The fourth-order valence-electron chi connectivity index (χ4n) is 1.57. The Bertz CT molecular complexity index is 422. The number of phenols is 1. The SMILES string of the molecule is CC(C)Oc1c(C(C)C)ccc(C(=O)O)c1O. The van der Waals surface area contributed by atoms with Crippen LogP contribution >= 0.6 is 0 Å². The third-order valence-corrected chi connectivity index (χ3v) is 2.37. The summed E-state index contributed by atoms with van der Waals surface area (Å²) in [4.78, 5) is 10.9. The molecule has 17 heavy (non-hydrogen) atoms. The monoisotopic (exact) mass is 238 g/mol. The van der Waals surface area contributed by atoms with Crippen LogP contribution in [0.4, 0.5) is 0 Å². The number of benzene rings is 1. The number of hydrogen-bond acceptors (Lipinski definition) is 3. The third-order valence-electron chi connectivity index (χ3n) is 2.37. The minimum absolute atomic E-state index is 0.123. The number of carboxylic acids is 1. The Kier molecular flexibility index (Phi) is 3.99. The molecule has 0 heterocycles. The zero-order chi connectivity index (χ0) is 13.2. The van der Waals surface area contributed by atoms with E-state index >= 15 is 0 Å². The van der Waals surface area contributed by atoms with Gasteiger partial charge in [-0.05, 0) is 25.8 Å². The van der Waals surface area contributed by atoms with Crippen LogP contribution in [0, 0.1) is 0 Å². The maximum atomic E-state index is 10.9. The standard InChI is InChI=1S/C13H18O4/c1-7(2)9-5-6-10(13(15)16)11(14)12(9)17-8(3)4/h5-8,14H,1-4H3,(H,15,16). The first-order chi connectivity index (χ1) is 7.84. The summed E-state index contributed by atoms with van der Waals surface area (Å²) < 4.78 is 5.51. The van der Waals surface area contributed by atoms with Crippen LogP contribution in [0.3, 0.4) is 0 Å². The molecule has 4 heteroatoms. The lowest BCUT2D eigenvalue weighted by molar-refractivity contribution is 0.0692. The summed E-state index contributed by atoms with van der Waals surface area (Å²) in [5.41, 5.74) is 0.672. The quantitative estimate of drug-likeness (QED) is 0.846. The first-order valence-corrected chi connectivity index (χ1v) is 5.60. The fraction of sp³-hybridized carbons (Fsp3) is 0.462. The lowest BCUT2D eigenvalue weighted by Crippen LogP contribution is -2.10. The largest absolute Gasteiger partial charge is 0.504 e. The molecule has 0 saturated carbocycles. The summed E-state index contributed by atoms with van der Waals surface area (Å²) in [6.07, 6.45) is -0.123. The van der Waals surface area contributed by atoms with Gasteiger partial charge in [-0.3, -0.25) is 0 Å². The molecular weight excluding hydrogens is 220 g/mol. The second-order valence-corrected chi connectivity index (χ2v) is 4.51. The Morgan fingerprint density at radius 2 is 1.82 bits per heavy atom. The Labute approximate surface area is 101 Å². The van der Waals surface area contributed by atoms with Crippen molar-refractivity contribution in [3.63, 3.8) is 0 Å². The van der Waals surface area contributed by atoms with Gasteiger partial charge in [-0.1, -0.05) is 19.9 Å². The zero-order valence-electron chi connectivity index (χ0n) is 10.5. The summed E-state index contributed by atoms with van der Waals surface area (Å²) in [7, 11) is 0. The zero-order valence-corrected chi connectivity index (χ0v) is 10.5. The van der Waals surface area contributed by atoms with E-state index in [1.54, 1.807) is 6.07 Å². The normalized spacial score (nSPS) is 10.9. The predicted octanol–water partition coefficient (Wildman–Crippen LogP) is 3.00. The molecule has 4 nitrogen and oxygen atoms in total. The van der Waals surface area contributed by atoms with Crippen LogP contribution in [0.25, 0.3) is 0 Å². The van der Waals surface area contributed by atoms with E-state index in [2.05, 4.69) is 0 Å². The molecule has 1 aromatic carbocycles. The van der Waals surface area contributed by atoms with Crippen LogP contribution in [-0.4, -0.2) is 22.3 Å². The highest BCUT2D eigenvalue weighted by atomic mass is 16.5. The van der Waals surface area contributed by atoms with E-state index in [1.165, 1.54) is 6.07 Å². The highest BCUT2D eigenvalue weighted by Gasteiger charge is 2.20. The van der Waals surface area contributed by atoms with Crippen LogP contribution in [-0.2, 0) is 0 Å². The summed E-state index contributed by atoms with van der Waals surface area (Å²) in [6.45, 7) is 7.58. The van der Waals surface area contributed by atoms with Crippen molar-refractivity contribution in [3.05, 3.63) is 23.3 Å². The van der Waals surface area contributed by atoms with Crippen molar-refractivity contribution in [3.8, 4) is 11.5 Å². The molecule has 2 N–H and O–H groups in total. The molecule has 0 atom stereocenters. The van der Waals surface area contributed by atoms with Gasteiger partial charge in [0.1, 0.15) is 5.56 Å². The Hall–Kier alpha value is -1.71. The average Bonchev–Trinajstić information content (AvgIpc) is 2.19. The Balaban J connectivity index is 3.36. The van der Waals surface area contributed by atoms with Crippen molar-refractivity contribution in [1.82, 2.24) is 0 Å². The van der Waals surface area contributed by atoms with Crippen molar-refractivity contribution in [2.45, 2.75) is 39.7 Å². The van der Waals surface area contributed by atoms with Gasteiger partial charge in [0.2, 0.25) is 0 Å². The average molecular weight is 238 g/mol. The number of carboxylic acid groups (broad SMARTS) is 1. The van der Waals surface area contributed by atoms with Crippen LogP contribution in [0.15, 0.2) is 12.1 Å². The molecule has 0 unspecified atom stereocenters. The summed E-state index contributed by atoms with van der Waals surface area (Å²) >= 11 is 0. The second-order valence-electron chi connectivity index (χ2n) is 4.51. The van der Waals surface area contributed by atoms with Crippen molar-refractivity contribution in [2.75, 3.05) is 0 Å². The summed E-state index contributed by atoms with van der Waals surface area (Å²) in [5, 5.41) is 18.9. The lowest BCUT2D eigenvalue weighted by atomic mass is 9.99. The van der Waals surface area contributed by atoms with Crippen LogP contribution in [0.5, 0.6) is 11.5 Å². The number of hydrogen-bond donors (Lipinski definition) is 2. The third kappa shape index (κ3) is 2.90. The first-order valence-electron chi connectivity index (χ1n) is 5.60. The minimum atomic E-state index is -1.16. The molecule has 0 bridgehead atoms. The second kappa shape index (κ2) is 5.08. The van der Waals surface area contributed by atoms with Crippen molar-refractivity contribution < 1.29 is 19.7 Å². The van der Waals surface area contributed by atoms with E-state index in [9.17, 15) is 9.90 Å². The van der Waals surface area contributed by atoms with Crippen molar-refractivity contribution >= 4 is 5.97 Å². The van der Waals surface area contributed by atoms with Crippen LogP contribution in [0.1, 0.15) is 49.5 Å². The minimum Gasteiger partial charge on any atom is -0.504 e. The van der Waals surface area contributed by atoms with E-state index in [-0.39, 0.29) is 29.1 Å². The van der Waals surface area contributed by atoms with Gasteiger partial charge >= 0.3 is 5.97 Å². The van der Waals surface area contributed by atoms with E-state index in [0.29, 0.717) is 0 Å². The van der Waals surface area contributed by atoms with Gasteiger partial charge in [0, 0.05) is 5.56 Å². The highest BCUT2D eigenvalue weighted by molar-refractivity contribution is 5.92. The molecule has 0 aliphatic rings. The fourth-order valence-corrected chi connectivity index (χ4v) is 1.57. The summed E-state index contributed by atoms with van der Waals surface area (Å²) in [5.74, 6) is -1.03. The molecule has 1 rings (SSSR count). The molecule has 0 aromatic heterocycles. The number of aromatic carboxylic acids is 1. The van der Waals surface area contributed by atoms with Gasteiger partial charge in [-0.25, -0.2) is 4.79 Å². The Morgan fingerprint density at radius 1 is 1.24 bits per heavy atom. The number of aromatic hydroxyl groups is 1. The smallest absolute Gasteiger partial charge is 0.339 e. The van der Waals surface area contributed by atoms with Gasteiger partial charge in [0.15, 0.2) is 11.5 Å². The molecular formula is C13H18O4. The van der Waals surface area contributed by atoms with Gasteiger partial charge in [-0.2, -0.15) is 0 Å². The topological polar surface area (TPSA) is 66.8 Å².